The summed E-state index contributed by atoms with van der Waals surface area (Å²) in [7, 11) is 0. The van der Waals surface area contributed by atoms with Crippen LogP contribution in [0.2, 0.25) is 5.02 Å². The third-order valence-corrected chi connectivity index (χ3v) is 5.05. The predicted molar refractivity (Wildman–Crippen MR) is 111 cm³/mol. The lowest BCUT2D eigenvalue weighted by atomic mass is 9.76. The Balaban J connectivity index is 2.36. The molecule has 0 fully saturated rings. The quantitative estimate of drug-likeness (QED) is 0.451. The molecule has 2 rings (SSSR count). The first-order valence-corrected chi connectivity index (χ1v) is 9.18. The van der Waals surface area contributed by atoms with Crippen molar-refractivity contribution >= 4 is 17.3 Å². The van der Waals surface area contributed by atoms with Crippen LogP contribution >= 0.6 is 11.6 Å². The molecule has 0 spiro atoms. The molecule has 0 saturated heterocycles. The van der Waals surface area contributed by atoms with Crippen LogP contribution < -0.4 is 0 Å². The predicted octanol–water partition coefficient (Wildman–Crippen LogP) is 7.06. The lowest BCUT2D eigenvalue weighted by Crippen LogP contribution is -2.21. The average Bonchev–Trinajstić information content (AvgIpc) is 2.64. The van der Waals surface area contributed by atoms with Gasteiger partial charge in [-0.2, -0.15) is 0 Å². The molecule has 0 bridgehead atoms. The first-order chi connectivity index (χ1) is 12.7. The fourth-order valence-electron chi connectivity index (χ4n) is 2.77. The van der Waals surface area contributed by atoms with Crippen LogP contribution in [-0.2, 0) is 11.8 Å². The highest BCUT2D eigenvalue weighted by Crippen LogP contribution is 2.36. The second kappa shape index (κ2) is 9.09. The summed E-state index contributed by atoms with van der Waals surface area (Å²) in [5, 5.41) is 0.101. The molecule has 1 nitrogen and oxygen atoms in total. The number of halogens is 3. The van der Waals surface area contributed by atoms with Gasteiger partial charge in [0.05, 0.1) is 5.02 Å². The summed E-state index contributed by atoms with van der Waals surface area (Å²) >= 11 is 5.99. The maximum atomic E-state index is 13.6. The fourth-order valence-corrected chi connectivity index (χ4v) is 2.95. The maximum Gasteiger partial charge on any atom is 0.141 e. The first-order valence-electron chi connectivity index (χ1n) is 8.80. The van der Waals surface area contributed by atoms with Gasteiger partial charge in [0.15, 0.2) is 0 Å². The van der Waals surface area contributed by atoms with Gasteiger partial charge in [0.2, 0.25) is 0 Å². The van der Waals surface area contributed by atoms with Crippen molar-refractivity contribution in [3.63, 3.8) is 0 Å². The van der Waals surface area contributed by atoms with Gasteiger partial charge in [-0.05, 0) is 66.8 Å². The number of hydrogen-bond acceptors (Lipinski definition) is 1. The summed E-state index contributed by atoms with van der Waals surface area (Å²) in [6.45, 7) is 9.73. The van der Waals surface area contributed by atoms with Crippen molar-refractivity contribution in [2.45, 2.75) is 39.0 Å². The van der Waals surface area contributed by atoms with Crippen molar-refractivity contribution < 1.29 is 8.78 Å². The van der Waals surface area contributed by atoms with Crippen LogP contribution in [0.25, 0.3) is 0 Å². The van der Waals surface area contributed by atoms with E-state index in [1.807, 2.05) is 13.1 Å². The topological polar surface area (TPSA) is 12.4 Å². The second-order valence-electron chi connectivity index (χ2n) is 7.01. The SMILES string of the molecule is C=C/C(C)=N/C=C(\CCc1ccc(F)cc1)C(C)(C)c1ccc(F)c(Cl)c1. The summed E-state index contributed by atoms with van der Waals surface area (Å²) < 4.78 is 26.7. The van der Waals surface area contributed by atoms with Crippen LogP contribution in [0.1, 0.15) is 38.3 Å². The normalized spacial score (nSPS) is 13.0. The van der Waals surface area contributed by atoms with E-state index in [4.69, 9.17) is 11.6 Å². The Bertz CT molecular complexity index is 864. The molecule has 0 aliphatic carbocycles. The zero-order valence-electron chi connectivity index (χ0n) is 15.9. The lowest BCUT2D eigenvalue weighted by molar-refractivity contribution is 0.582. The van der Waals surface area contributed by atoms with Gasteiger partial charge in [-0.15, -0.1) is 0 Å². The van der Waals surface area contributed by atoms with Crippen LogP contribution in [-0.4, -0.2) is 5.71 Å². The molecule has 0 radical (unpaired) electrons. The number of aryl methyl sites for hydroxylation is 1. The second-order valence-corrected chi connectivity index (χ2v) is 7.42. The molecule has 0 aliphatic rings. The molecule has 0 amide bonds. The third-order valence-electron chi connectivity index (χ3n) is 4.76. The number of rotatable bonds is 7. The molecule has 0 unspecified atom stereocenters. The molecular weight excluding hydrogens is 364 g/mol. The minimum atomic E-state index is -0.436. The minimum Gasteiger partial charge on any atom is -0.262 e. The van der Waals surface area contributed by atoms with Crippen molar-refractivity contribution in [2.75, 3.05) is 0 Å². The molecule has 0 atom stereocenters. The highest BCUT2D eigenvalue weighted by Gasteiger charge is 2.26. The van der Waals surface area contributed by atoms with E-state index in [1.54, 1.807) is 30.3 Å². The van der Waals surface area contributed by atoms with E-state index in [1.165, 1.54) is 18.2 Å². The highest BCUT2D eigenvalue weighted by molar-refractivity contribution is 6.30. The summed E-state index contributed by atoms with van der Waals surface area (Å²) in [5.41, 5.74) is 3.42. The smallest absolute Gasteiger partial charge is 0.141 e. The Morgan fingerprint density at radius 1 is 1.15 bits per heavy atom. The van der Waals surface area contributed by atoms with Gasteiger partial charge in [0.25, 0.3) is 0 Å². The van der Waals surface area contributed by atoms with Gasteiger partial charge >= 0.3 is 0 Å². The van der Waals surface area contributed by atoms with Gasteiger partial charge in [0, 0.05) is 17.3 Å². The fraction of sp³-hybridized carbons (Fsp3) is 0.261. The molecule has 27 heavy (non-hydrogen) atoms. The molecule has 0 saturated carbocycles. The minimum absolute atomic E-state index is 0.101. The first kappa shape index (κ1) is 21.0. The monoisotopic (exact) mass is 387 g/mol. The summed E-state index contributed by atoms with van der Waals surface area (Å²) in [5.74, 6) is -0.685. The molecule has 142 valence electrons. The highest BCUT2D eigenvalue weighted by atomic mass is 35.5. The lowest BCUT2D eigenvalue weighted by Gasteiger charge is -2.29. The molecule has 0 N–H and O–H groups in total. The van der Waals surface area contributed by atoms with Gasteiger partial charge in [-0.25, -0.2) is 8.78 Å². The van der Waals surface area contributed by atoms with Crippen LogP contribution in [0.15, 0.2) is 71.9 Å². The summed E-state index contributed by atoms with van der Waals surface area (Å²) in [4.78, 5) is 4.47. The summed E-state index contributed by atoms with van der Waals surface area (Å²) in [6.07, 6.45) is 5.00. The standard InChI is InChI=1S/C23H24ClF2N/c1-5-16(2)27-15-19(9-6-17-7-11-20(25)12-8-17)23(3,4)18-10-13-22(26)21(24)14-18/h5,7-8,10-15H,1,6,9H2,2-4H3/b19-15+,27-16+. The molecule has 0 heterocycles. The van der Waals surface area contributed by atoms with Gasteiger partial charge in [0.1, 0.15) is 11.6 Å². The zero-order chi connectivity index (χ0) is 20.0. The Morgan fingerprint density at radius 3 is 2.41 bits per heavy atom. The Hall–Kier alpha value is -2.26. The van der Waals surface area contributed by atoms with Crippen LogP contribution in [0, 0.1) is 11.6 Å². The third kappa shape index (κ3) is 5.61. The van der Waals surface area contributed by atoms with E-state index in [0.29, 0.717) is 0 Å². The van der Waals surface area contributed by atoms with Gasteiger partial charge in [-0.3, -0.25) is 4.99 Å². The van der Waals surface area contributed by atoms with Crippen LogP contribution in [0.3, 0.4) is 0 Å². The zero-order valence-corrected chi connectivity index (χ0v) is 16.7. The number of nitrogens with zero attached hydrogens (tertiary/aromatic N) is 1. The van der Waals surface area contributed by atoms with E-state index in [2.05, 4.69) is 25.4 Å². The number of allylic oxidation sites excluding steroid dienone is 2. The van der Waals surface area contributed by atoms with Crippen molar-refractivity contribution in [3.05, 3.63) is 94.7 Å². The van der Waals surface area contributed by atoms with E-state index in [9.17, 15) is 8.78 Å². The molecule has 4 heteroatoms. The summed E-state index contributed by atoms with van der Waals surface area (Å²) in [6, 6.07) is 11.3. The Kier molecular flexibility index (Phi) is 7.09. The van der Waals surface area contributed by atoms with Crippen molar-refractivity contribution in [2.24, 2.45) is 4.99 Å². The molecule has 0 aliphatic heterocycles. The number of benzene rings is 2. The van der Waals surface area contributed by atoms with E-state index >= 15 is 0 Å². The van der Waals surface area contributed by atoms with Crippen LogP contribution in [0.4, 0.5) is 8.78 Å². The van der Waals surface area contributed by atoms with E-state index < -0.39 is 11.2 Å². The van der Waals surface area contributed by atoms with Crippen molar-refractivity contribution in [3.8, 4) is 0 Å². The van der Waals surface area contributed by atoms with Crippen molar-refractivity contribution in [1.82, 2.24) is 0 Å². The van der Waals surface area contributed by atoms with Crippen molar-refractivity contribution in [1.29, 1.82) is 0 Å². The Labute approximate surface area is 165 Å². The molecule has 0 aromatic heterocycles. The van der Waals surface area contributed by atoms with E-state index in [0.717, 1.165) is 35.3 Å². The number of aliphatic imine (C=N–C) groups is 1. The Morgan fingerprint density at radius 2 is 1.81 bits per heavy atom. The molecular formula is C23H24ClF2N. The maximum absolute atomic E-state index is 13.6. The van der Waals surface area contributed by atoms with Gasteiger partial charge in [-0.1, -0.05) is 50.2 Å². The van der Waals surface area contributed by atoms with Gasteiger partial charge < -0.3 is 0 Å². The largest absolute Gasteiger partial charge is 0.262 e. The van der Waals surface area contributed by atoms with Crippen LogP contribution in [0.5, 0.6) is 0 Å². The number of hydrogen-bond donors (Lipinski definition) is 0. The molecule has 2 aromatic carbocycles. The van der Waals surface area contributed by atoms with E-state index in [-0.39, 0.29) is 10.8 Å². The molecule has 2 aromatic rings. The average molecular weight is 388 g/mol.